The van der Waals surface area contributed by atoms with Crippen LogP contribution < -0.4 is 4.90 Å². The van der Waals surface area contributed by atoms with Gasteiger partial charge in [0.2, 0.25) is 0 Å². The van der Waals surface area contributed by atoms with Crippen LogP contribution in [0.15, 0.2) is 30.5 Å². The van der Waals surface area contributed by atoms with E-state index in [4.69, 9.17) is 0 Å². The summed E-state index contributed by atoms with van der Waals surface area (Å²) < 4.78 is 0. The Morgan fingerprint density at radius 3 is 2.48 bits per heavy atom. The van der Waals surface area contributed by atoms with Crippen LogP contribution in [0.25, 0.3) is 0 Å². The minimum Gasteiger partial charge on any atom is -0.368 e. The van der Waals surface area contributed by atoms with Crippen molar-refractivity contribution in [2.45, 2.75) is 20.8 Å². The molecule has 2 aromatic rings. The van der Waals surface area contributed by atoms with E-state index in [2.05, 4.69) is 46.1 Å². The van der Waals surface area contributed by atoms with E-state index in [1.54, 1.807) is 6.20 Å². The van der Waals surface area contributed by atoms with E-state index in [1.165, 1.54) is 11.3 Å². The van der Waals surface area contributed by atoms with Crippen molar-refractivity contribution in [3.63, 3.8) is 0 Å². The molecule has 1 saturated heterocycles. The molecule has 0 unspecified atom stereocenters. The number of anilines is 1. The summed E-state index contributed by atoms with van der Waals surface area (Å²) in [5, 5.41) is 0. The molecule has 0 radical (unpaired) electrons. The minimum atomic E-state index is 0.0337. The van der Waals surface area contributed by atoms with E-state index in [0.29, 0.717) is 11.4 Å². The zero-order valence-corrected chi connectivity index (χ0v) is 13.9. The van der Waals surface area contributed by atoms with E-state index in [9.17, 15) is 4.79 Å². The number of hydrogen-bond acceptors (Lipinski definition) is 4. The molecule has 1 aromatic carbocycles. The first-order valence-corrected chi connectivity index (χ1v) is 7.96. The number of benzene rings is 1. The fraction of sp³-hybridized carbons (Fsp3) is 0.389. The Bertz CT molecular complexity index is 721. The second kappa shape index (κ2) is 6.36. The number of aryl methyl sites for hydroxylation is 3. The Morgan fingerprint density at radius 2 is 1.83 bits per heavy atom. The highest BCUT2D eigenvalue weighted by molar-refractivity contribution is 5.95. The number of nitrogens with zero attached hydrogens (tertiary/aromatic N) is 4. The van der Waals surface area contributed by atoms with Gasteiger partial charge in [-0.1, -0.05) is 12.1 Å². The van der Waals surface area contributed by atoms with Crippen molar-refractivity contribution in [2.24, 2.45) is 0 Å². The third-order valence-electron chi connectivity index (χ3n) is 4.26. The Balaban J connectivity index is 1.68. The molecule has 23 heavy (non-hydrogen) atoms. The van der Waals surface area contributed by atoms with Gasteiger partial charge < -0.3 is 9.80 Å². The lowest BCUT2D eigenvalue weighted by molar-refractivity contribution is 0.0745. The molecule has 1 aliphatic heterocycles. The molecule has 1 fully saturated rings. The molecular formula is C18H22N4O. The van der Waals surface area contributed by atoms with E-state index in [-0.39, 0.29) is 5.91 Å². The number of amides is 1. The van der Waals surface area contributed by atoms with Gasteiger partial charge in [0.05, 0.1) is 11.3 Å². The van der Waals surface area contributed by atoms with Crippen molar-refractivity contribution in [2.75, 3.05) is 31.1 Å². The summed E-state index contributed by atoms with van der Waals surface area (Å²) in [4.78, 5) is 25.3. The maximum atomic E-state index is 12.7. The van der Waals surface area contributed by atoms with Crippen LogP contribution in [0.4, 0.5) is 5.69 Å². The van der Waals surface area contributed by atoms with Gasteiger partial charge in [0.25, 0.3) is 5.91 Å². The fourth-order valence-electron chi connectivity index (χ4n) is 2.96. The lowest BCUT2D eigenvalue weighted by atomic mass is 10.1. The molecule has 0 atom stereocenters. The first-order valence-electron chi connectivity index (χ1n) is 7.96. The van der Waals surface area contributed by atoms with Crippen LogP contribution in [0.1, 0.15) is 27.4 Å². The molecule has 0 saturated carbocycles. The first kappa shape index (κ1) is 15.5. The molecule has 5 heteroatoms. The predicted molar refractivity (Wildman–Crippen MR) is 90.8 cm³/mol. The molecule has 0 N–H and O–H groups in total. The van der Waals surface area contributed by atoms with Gasteiger partial charge in [-0.2, -0.15) is 0 Å². The number of aromatic nitrogens is 2. The van der Waals surface area contributed by atoms with Gasteiger partial charge in [-0.15, -0.1) is 0 Å². The van der Waals surface area contributed by atoms with Crippen molar-refractivity contribution < 1.29 is 4.79 Å². The van der Waals surface area contributed by atoms with Crippen molar-refractivity contribution >= 4 is 11.6 Å². The van der Waals surface area contributed by atoms with Crippen LogP contribution >= 0.6 is 0 Å². The van der Waals surface area contributed by atoms with Crippen LogP contribution in [0, 0.1) is 20.8 Å². The summed E-state index contributed by atoms with van der Waals surface area (Å²) in [6.07, 6.45) is 1.65. The Kier molecular flexibility index (Phi) is 4.28. The Morgan fingerprint density at radius 1 is 1.09 bits per heavy atom. The number of rotatable bonds is 2. The summed E-state index contributed by atoms with van der Waals surface area (Å²) in [7, 11) is 0. The molecule has 1 amide bonds. The van der Waals surface area contributed by atoms with E-state index in [0.717, 1.165) is 31.9 Å². The third kappa shape index (κ3) is 3.33. The Hall–Kier alpha value is -2.43. The highest BCUT2D eigenvalue weighted by Crippen LogP contribution is 2.19. The summed E-state index contributed by atoms with van der Waals surface area (Å²) in [6.45, 7) is 8.94. The monoisotopic (exact) mass is 310 g/mol. The minimum absolute atomic E-state index is 0.0337. The van der Waals surface area contributed by atoms with Gasteiger partial charge in [-0.3, -0.25) is 4.79 Å². The molecule has 120 valence electrons. The first-order chi connectivity index (χ1) is 11.0. The van der Waals surface area contributed by atoms with Crippen molar-refractivity contribution in [3.05, 3.63) is 53.1 Å². The Labute approximate surface area is 137 Å². The predicted octanol–water partition coefficient (Wildman–Crippen LogP) is 2.36. The molecule has 0 aliphatic carbocycles. The van der Waals surface area contributed by atoms with Crippen LogP contribution in [0.3, 0.4) is 0 Å². The van der Waals surface area contributed by atoms with E-state index >= 15 is 0 Å². The van der Waals surface area contributed by atoms with Crippen LogP contribution in [-0.2, 0) is 0 Å². The average molecular weight is 310 g/mol. The molecule has 5 nitrogen and oxygen atoms in total. The number of hydrogen-bond donors (Lipinski definition) is 0. The van der Waals surface area contributed by atoms with Gasteiger partial charge in [-0.25, -0.2) is 9.97 Å². The average Bonchev–Trinajstić information content (AvgIpc) is 2.54. The largest absolute Gasteiger partial charge is 0.368 e. The third-order valence-corrected chi connectivity index (χ3v) is 4.26. The molecule has 0 spiro atoms. The maximum Gasteiger partial charge on any atom is 0.257 e. The van der Waals surface area contributed by atoms with Gasteiger partial charge in [-0.05, 0) is 38.5 Å². The molecule has 2 heterocycles. The number of piperazine rings is 1. The SMILES string of the molecule is Cc1cccc(N2CCN(C(=O)c3cnc(C)nc3C)CC2)c1. The molecule has 1 aliphatic rings. The summed E-state index contributed by atoms with van der Waals surface area (Å²) >= 11 is 0. The van der Waals surface area contributed by atoms with Gasteiger partial charge in [0.15, 0.2) is 0 Å². The molecular weight excluding hydrogens is 288 g/mol. The quantitative estimate of drug-likeness (QED) is 0.854. The van der Waals surface area contributed by atoms with Gasteiger partial charge >= 0.3 is 0 Å². The molecule has 1 aromatic heterocycles. The van der Waals surface area contributed by atoms with Crippen LogP contribution in [-0.4, -0.2) is 47.0 Å². The maximum absolute atomic E-state index is 12.7. The lowest BCUT2D eigenvalue weighted by Crippen LogP contribution is -2.49. The summed E-state index contributed by atoms with van der Waals surface area (Å²) in [6, 6.07) is 8.50. The summed E-state index contributed by atoms with van der Waals surface area (Å²) in [5.74, 6) is 0.731. The van der Waals surface area contributed by atoms with E-state index in [1.807, 2.05) is 18.7 Å². The molecule has 0 bridgehead atoms. The van der Waals surface area contributed by atoms with Gasteiger partial charge in [0.1, 0.15) is 5.82 Å². The zero-order valence-electron chi connectivity index (χ0n) is 13.9. The lowest BCUT2D eigenvalue weighted by Gasteiger charge is -2.36. The zero-order chi connectivity index (χ0) is 16.4. The van der Waals surface area contributed by atoms with Crippen molar-refractivity contribution in [3.8, 4) is 0 Å². The standard InChI is InChI=1S/C18H22N4O/c1-13-5-4-6-16(11-13)21-7-9-22(10-8-21)18(23)17-12-19-15(3)20-14(17)2/h4-6,11-12H,7-10H2,1-3H3. The van der Waals surface area contributed by atoms with E-state index < -0.39 is 0 Å². The van der Waals surface area contributed by atoms with Crippen molar-refractivity contribution in [1.82, 2.24) is 14.9 Å². The van der Waals surface area contributed by atoms with Crippen LogP contribution in [0.2, 0.25) is 0 Å². The topological polar surface area (TPSA) is 49.3 Å². The van der Waals surface area contributed by atoms with Crippen LogP contribution in [0.5, 0.6) is 0 Å². The summed E-state index contributed by atoms with van der Waals surface area (Å²) in [5.41, 5.74) is 3.85. The number of carbonyl (C=O) groups is 1. The number of carbonyl (C=O) groups excluding carboxylic acids is 1. The normalized spacial score (nSPS) is 14.9. The smallest absolute Gasteiger partial charge is 0.257 e. The molecule has 3 rings (SSSR count). The van der Waals surface area contributed by atoms with Crippen molar-refractivity contribution in [1.29, 1.82) is 0 Å². The highest BCUT2D eigenvalue weighted by atomic mass is 16.2. The second-order valence-electron chi connectivity index (χ2n) is 6.03. The van der Waals surface area contributed by atoms with Gasteiger partial charge in [0, 0.05) is 38.1 Å². The highest BCUT2D eigenvalue weighted by Gasteiger charge is 2.24. The fourth-order valence-corrected chi connectivity index (χ4v) is 2.96. The second-order valence-corrected chi connectivity index (χ2v) is 6.03.